The number of likely N-dealkylation sites (tertiary alicyclic amines) is 1. The molecule has 1 aliphatic heterocycles. The van der Waals surface area contributed by atoms with Crippen LogP contribution in [0.4, 0.5) is 0 Å². The summed E-state index contributed by atoms with van der Waals surface area (Å²) in [5.74, 6) is -0.0795. The zero-order valence-electron chi connectivity index (χ0n) is 15.7. The molecule has 142 valence electrons. The largest absolute Gasteiger partial charge is 0.351 e. The van der Waals surface area contributed by atoms with Crippen molar-refractivity contribution >= 4 is 38.2 Å². The maximum atomic E-state index is 12.8. The average Bonchev–Trinajstić information content (AvgIpc) is 3.36. The van der Waals surface area contributed by atoms with Crippen LogP contribution in [0.2, 0.25) is 0 Å². The zero-order chi connectivity index (χ0) is 18.8. The Morgan fingerprint density at radius 2 is 1.96 bits per heavy atom. The Balaban J connectivity index is 1.55. The van der Waals surface area contributed by atoms with Gasteiger partial charge in [-0.2, -0.15) is 0 Å². The number of rotatable bonds is 6. The summed E-state index contributed by atoms with van der Waals surface area (Å²) >= 11 is 1.42. The molecule has 0 spiro atoms. The minimum atomic E-state index is -0.0795. The van der Waals surface area contributed by atoms with Gasteiger partial charge in [0.1, 0.15) is 0 Å². The number of carbonyl (C=O) groups excluding carboxylic acids is 1. The summed E-state index contributed by atoms with van der Waals surface area (Å²) in [4.78, 5) is 28.5. The van der Waals surface area contributed by atoms with Crippen molar-refractivity contribution in [2.45, 2.75) is 32.7 Å². The summed E-state index contributed by atoms with van der Waals surface area (Å²) in [6.45, 7) is 6.66. The summed E-state index contributed by atoms with van der Waals surface area (Å²) < 4.78 is 2.68. The lowest BCUT2D eigenvalue weighted by Gasteiger charge is -2.14. The first kappa shape index (κ1) is 18.2. The van der Waals surface area contributed by atoms with Crippen molar-refractivity contribution in [1.82, 2.24) is 14.8 Å². The summed E-state index contributed by atoms with van der Waals surface area (Å²) in [6, 6.07) is 9.68. The molecule has 27 heavy (non-hydrogen) atoms. The van der Waals surface area contributed by atoms with Crippen molar-refractivity contribution in [1.29, 1.82) is 0 Å². The van der Waals surface area contributed by atoms with Gasteiger partial charge in [0.2, 0.25) is 0 Å². The molecule has 3 aromatic rings. The first-order valence-corrected chi connectivity index (χ1v) is 10.6. The van der Waals surface area contributed by atoms with Gasteiger partial charge in [-0.3, -0.25) is 9.59 Å². The number of pyridine rings is 1. The maximum Gasteiger partial charge on any atom is 0.261 e. The van der Waals surface area contributed by atoms with E-state index in [1.807, 2.05) is 31.2 Å². The fraction of sp³-hybridized carbons (Fsp3) is 0.429. The highest BCUT2D eigenvalue weighted by Gasteiger charge is 2.17. The fourth-order valence-electron chi connectivity index (χ4n) is 3.93. The summed E-state index contributed by atoms with van der Waals surface area (Å²) in [5, 5.41) is 4.69. The van der Waals surface area contributed by atoms with E-state index < -0.39 is 0 Å². The minimum absolute atomic E-state index is 0.0180. The highest BCUT2D eigenvalue weighted by Crippen LogP contribution is 2.30. The molecule has 4 rings (SSSR count). The molecule has 1 amide bonds. The van der Waals surface area contributed by atoms with Crippen molar-refractivity contribution in [2.24, 2.45) is 0 Å². The number of benzene rings is 1. The molecule has 0 bridgehead atoms. The third-order valence-corrected chi connectivity index (χ3v) is 6.49. The normalized spacial score (nSPS) is 15.0. The van der Waals surface area contributed by atoms with Crippen LogP contribution in [0.5, 0.6) is 0 Å². The van der Waals surface area contributed by atoms with Gasteiger partial charge in [-0.05, 0) is 58.0 Å². The van der Waals surface area contributed by atoms with Crippen molar-refractivity contribution in [3.05, 3.63) is 45.6 Å². The van der Waals surface area contributed by atoms with Crippen LogP contribution in [-0.2, 0) is 6.54 Å². The van der Waals surface area contributed by atoms with Gasteiger partial charge in [0.25, 0.3) is 11.5 Å². The quantitative estimate of drug-likeness (QED) is 0.664. The number of aryl methyl sites for hydroxylation is 1. The highest BCUT2D eigenvalue weighted by atomic mass is 32.1. The molecule has 0 unspecified atom stereocenters. The van der Waals surface area contributed by atoms with Crippen molar-refractivity contribution in [3.8, 4) is 0 Å². The molecule has 0 atom stereocenters. The van der Waals surface area contributed by atoms with Crippen LogP contribution in [0.1, 0.15) is 35.9 Å². The number of amides is 1. The average molecular weight is 384 g/mol. The van der Waals surface area contributed by atoms with Crippen LogP contribution in [-0.4, -0.2) is 41.6 Å². The van der Waals surface area contributed by atoms with Gasteiger partial charge in [0.15, 0.2) is 0 Å². The molecule has 1 aromatic carbocycles. The number of thiophene rings is 1. The number of para-hydroxylation sites is 1. The van der Waals surface area contributed by atoms with Crippen molar-refractivity contribution < 1.29 is 4.79 Å². The molecular formula is C21H25N3O2S. The Bertz CT molecular complexity index is 1030. The predicted octanol–water partition coefficient (Wildman–Crippen LogP) is 3.45. The van der Waals surface area contributed by atoms with E-state index in [1.54, 1.807) is 10.6 Å². The standard InChI is InChI=1S/C21H25N3O2S/c1-2-24-17-9-4-3-8-15(17)19-16(21(24)26)14-18(27-19)20(25)22-10-7-13-23-11-5-6-12-23/h3-4,8-9,14H,2,5-7,10-13H2,1H3,(H,22,25). The molecule has 1 aliphatic rings. The van der Waals surface area contributed by atoms with Crippen molar-refractivity contribution in [2.75, 3.05) is 26.2 Å². The lowest BCUT2D eigenvalue weighted by Crippen LogP contribution is -2.28. The second-order valence-electron chi connectivity index (χ2n) is 7.08. The van der Waals surface area contributed by atoms with E-state index in [0.29, 0.717) is 23.4 Å². The number of nitrogens with one attached hydrogen (secondary N) is 1. The smallest absolute Gasteiger partial charge is 0.261 e. The third-order valence-electron chi connectivity index (χ3n) is 5.32. The first-order chi connectivity index (χ1) is 13.2. The van der Waals surface area contributed by atoms with Crippen LogP contribution in [0.3, 0.4) is 0 Å². The number of carbonyl (C=O) groups is 1. The van der Waals surface area contributed by atoms with Crippen LogP contribution in [0.15, 0.2) is 35.1 Å². The molecule has 2 aromatic heterocycles. The Morgan fingerprint density at radius 3 is 2.74 bits per heavy atom. The number of hydrogen-bond donors (Lipinski definition) is 1. The van der Waals surface area contributed by atoms with E-state index in [4.69, 9.17) is 0 Å². The molecule has 6 heteroatoms. The second kappa shape index (κ2) is 7.82. The van der Waals surface area contributed by atoms with Gasteiger partial charge in [0, 0.05) is 23.2 Å². The summed E-state index contributed by atoms with van der Waals surface area (Å²) in [5.41, 5.74) is 0.910. The molecular weight excluding hydrogens is 358 g/mol. The third kappa shape index (κ3) is 3.51. The lowest BCUT2D eigenvalue weighted by molar-refractivity contribution is 0.0956. The monoisotopic (exact) mass is 383 g/mol. The Morgan fingerprint density at radius 1 is 1.19 bits per heavy atom. The van der Waals surface area contributed by atoms with Crippen LogP contribution in [0.25, 0.3) is 21.0 Å². The van der Waals surface area contributed by atoms with Gasteiger partial charge in [-0.15, -0.1) is 11.3 Å². The highest BCUT2D eigenvalue weighted by molar-refractivity contribution is 7.21. The molecule has 0 saturated carbocycles. The predicted molar refractivity (Wildman–Crippen MR) is 112 cm³/mol. The minimum Gasteiger partial charge on any atom is -0.351 e. The van der Waals surface area contributed by atoms with Crippen LogP contribution >= 0.6 is 11.3 Å². The fourth-order valence-corrected chi connectivity index (χ4v) is 5.03. The Labute approximate surface area is 162 Å². The van der Waals surface area contributed by atoms with E-state index in [1.165, 1.54) is 37.3 Å². The Kier molecular flexibility index (Phi) is 5.27. The van der Waals surface area contributed by atoms with E-state index >= 15 is 0 Å². The molecule has 5 nitrogen and oxygen atoms in total. The Hall–Kier alpha value is -2.18. The molecule has 1 N–H and O–H groups in total. The van der Waals surface area contributed by atoms with Crippen LogP contribution in [0, 0.1) is 0 Å². The van der Waals surface area contributed by atoms with Gasteiger partial charge in [-0.25, -0.2) is 0 Å². The van der Waals surface area contributed by atoms with E-state index in [2.05, 4.69) is 10.2 Å². The SMILES string of the molecule is CCn1c(=O)c2cc(C(=O)NCCCN3CCCC3)sc2c2ccccc21. The van der Waals surface area contributed by atoms with Crippen LogP contribution < -0.4 is 10.9 Å². The second-order valence-corrected chi connectivity index (χ2v) is 8.13. The van der Waals surface area contributed by atoms with E-state index in [0.717, 1.165) is 28.6 Å². The maximum absolute atomic E-state index is 12.8. The van der Waals surface area contributed by atoms with Gasteiger partial charge < -0.3 is 14.8 Å². The first-order valence-electron chi connectivity index (χ1n) is 9.74. The van der Waals surface area contributed by atoms with E-state index in [-0.39, 0.29) is 11.5 Å². The molecule has 1 saturated heterocycles. The molecule has 0 radical (unpaired) electrons. The topological polar surface area (TPSA) is 54.3 Å². The van der Waals surface area contributed by atoms with Crippen molar-refractivity contribution in [3.63, 3.8) is 0 Å². The number of aromatic nitrogens is 1. The van der Waals surface area contributed by atoms with Gasteiger partial charge in [0.05, 0.1) is 15.8 Å². The summed E-state index contributed by atoms with van der Waals surface area (Å²) in [6.07, 6.45) is 3.54. The van der Waals surface area contributed by atoms with E-state index in [9.17, 15) is 9.59 Å². The van der Waals surface area contributed by atoms with Gasteiger partial charge in [-0.1, -0.05) is 18.2 Å². The lowest BCUT2D eigenvalue weighted by atomic mass is 10.1. The number of hydrogen-bond acceptors (Lipinski definition) is 4. The molecule has 1 fully saturated rings. The summed E-state index contributed by atoms with van der Waals surface area (Å²) in [7, 11) is 0. The van der Waals surface area contributed by atoms with Gasteiger partial charge >= 0.3 is 0 Å². The number of nitrogens with zero attached hydrogens (tertiary/aromatic N) is 2. The number of fused-ring (bicyclic) bond motifs is 3. The molecule has 0 aliphatic carbocycles. The zero-order valence-corrected chi connectivity index (χ0v) is 16.5. The molecule has 3 heterocycles.